The highest BCUT2D eigenvalue weighted by atomic mass is 16.4. The summed E-state index contributed by atoms with van der Waals surface area (Å²) in [5, 5.41) is 11.9. The normalized spacial score (nSPS) is 16.1. The molecule has 1 unspecified atom stereocenters. The Morgan fingerprint density at radius 2 is 2.08 bits per heavy atom. The van der Waals surface area contributed by atoms with Crippen molar-refractivity contribution in [1.82, 2.24) is 10.2 Å². The Morgan fingerprint density at radius 3 is 2.33 bits per heavy atom. The molecular weight excluding hydrogens is 156 g/mol. The molecule has 0 aliphatic rings. The fraction of sp³-hybridized carbons (Fsp3) is 0.875. The minimum Gasteiger partial charge on any atom is -0.480 e. The number of carboxylic acids is 1. The van der Waals surface area contributed by atoms with Gasteiger partial charge >= 0.3 is 5.97 Å². The first-order valence-corrected chi connectivity index (χ1v) is 4.05. The maximum absolute atomic E-state index is 10.9. The summed E-state index contributed by atoms with van der Waals surface area (Å²) >= 11 is 0. The van der Waals surface area contributed by atoms with Gasteiger partial charge < -0.3 is 15.3 Å². The molecule has 0 saturated heterocycles. The summed E-state index contributed by atoms with van der Waals surface area (Å²) in [4.78, 5) is 12.7. The van der Waals surface area contributed by atoms with Crippen molar-refractivity contribution in [2.24, 2.45) is 0 Å². The monoisotopic (exact) mass is 174 g/mol. The highest BCUT2D eigenvalue weighted by Crippen LogP contribution is 2.04. The van der Waals surface area contributed by atoms with Crippen LogP contribution in [-0.2, 0) is 4.79 Å². The number of hydrogen-bond donors (Lipinski definition) is 2. The summed E-state index contributed by atoms with van der Waals surface area (Å²) in [7, 11) is 3.72. The second-order valence-electron chi connectivity index (χ2n) is 3.41. The molecule has 72 valence electrons. The van der Waals surface area contributed by atoms with Crippen LogP contribution < -0.4 is 5.32 Å². The van der Waals surface area contributed by atoms with E-state index in [0.717, 1.165) is 0 Å². The lowest BCUT2D eigenvalue weighted by Gasteiger charge is -2.28. The molecule has 0 aromatic rings. The number of aliphatic carboxylic acids is 1. The summed E-state index contributed by atoms with van der Waals surface area (Å²) in [5.74, 6) is -0.807. The fourth-order valence-corrected chi connectivity index (χ4v) is 1.22. The third-order valence-electron chi connectivity index (χ3n) is 1.67. The minimum atomic E-state index is -0.835. The maximum Gasteiger partial charge on any atom is 0.324 e. The van der Waals surface area contributed by atoms with Gasteiger partial charge in [0.1, 0.15) is 5.54 Å². The first-order chi connectivity index (χ1) is 5.42. The highest BCUT2D eigenvalue weighted by Gasteiger charge is 2.32. The molecule has 0 aliphatic carbocycles. The van der Waals surface area contributed by atoms with Crippen LogP contribution in [0.5, 0.6) is 0 Å². The molecular formula is C8H18N2O2. The highest BCUT2D eigenvalue weighted by molar-refractivity contribution is 5.78. The average molecular weight is 174 g/mol. The van der Waals surface area contributed by atoms with E-state index in [9.17, 15) is 4.79 Å². The third kappa shape index (κ3) is 3.19. The summed E-state index contributed by atoms with van der Waals surface area (Å²) in [6, 6.07) is 0. The number of rotatable bonds is 5. The van der Waals surface area contributed by atoms with Crippen LogP contribution in [0.4, 0.5) is 0 Å². The van der Waals surface area contributed by atoms with Gasteiger partial charge in [0.2, 0.25) is 0 Å². The lowest BCUT2D eigenvalue weighted by atomic mass is 10.0. The summed E-state index contributed by atoms with van der Waals surface area (Å²) in [5.41, 5.74) is -0.835. The molecule has 0 saturated carbocycles. The van der Waals surface area contributed by atoms with Crippen LogP contribution in [0.15, 0.2) is 0 Å². The lowest BCUT2D eigenvalue weighted by molar-refractivity contribution is -0.144. The van der Waals surface area contributed by atoms with Crippen LogP contribution in [0.1, 0.15) is 13.8 Å². The molecule has 0 amide bonds. The molecule has 2 N–H and O–H groups in total. The van der Waals surface area contributed by atoms with E-state index in [-0.39, 0.29) is 0 Å². The minimum absolute atomic E-state index is 0.496. The lowest BCUT2D eigenvalue weighted by Crippen LogP contribution is -2.55. The molecule has 0 rings (SSSR count). The first-order valence-electron chi connectivity index (χ1n) is 4.05. The van der Waals surface area contributed by atoms with Crippen LogP contribution in [-0.4, -0.2) is 48.7 Å². The third-order valence-corrected chi connectivity index (χ3v) is 1.67. The van der Waals surface area contributed by atoms with Gasteiger partial charge in [0, 0.05) is 6.54 Å². The van der Waals surface area contributed by atoms with Crippen LogP contribution in [0, 0.1) is 0 Å². The summed E-state index contributed by atoms with van der Waals surface area (Å²) < 4.78 is 0. The van der Waals surface area contributed by atoms with E-state index >= 15 is 0 Å². The molecule has 4 heteroatoms. The zero-order chi connectivity index (χ0) is 9.78. The van der Waals surface area contributed by atoms with Crippen molar-refractivity contribution in [3.63, 3.8) is 0 Å². The zero-order valence-electron chi connectivity index (χ0n) is 8.22. The van der Waals surface area contributed by atoms with Crippen molar-refractivity contribution < 1.29 is 9.90 Å². The molecule has 0 bridgehead atoms. The van der Waals surface area contributed by atoms with Gasteiger partial charge in [0.25, 0.3) is 0 Å². The van der Waals surface area contributed by atoms with Gasteiger partial charge in [-0.15, -0.1) is 0 Å². The van der Waals surface area contributed by atoms with Gasteiger partial charge in [-0.2, -0.15) is 0 Å². The van der Waals surface area contributed by atoms with Crippen molar-refractivity contribution in [3.05, 3.63) is 0 Å². The van der Waals surface area contributed by atoms with E-state index < -0.39 is 11.5 Å². The van der Waals surface area contributed by atoms with Crippen molar-refractivity contribution in [1.29, 1.82) is 0 Å². The Morgan fingerprint density at radius 1 is 1.58 bits per heavy atom. The van der Waals surface area contributed by atoms with Crippen LogP contribution >= 0.6 is 0 Å². The van der Waals surface area contributed by atoms with E-state index in [2.05, 4.69) is 5.32 Å². The van der Waals surface area contributed by atoms with Crippen LogP contribution in [0.3, 0.4) is 0 Å². The largest absolute Gasteiger partial charge is 0.480 e. The fourth-order valence-electron chi connectivity index (χ4n) is 1.22. The quantitative estimate of drug-likeness (QED) is 0.616. The Labute approximate surface area is 73.6 Å². The van der Waals surface area contributed by atoms with Crippen LogP contribution in [0.2, 0.25) is 0 Å². The van der Waals surface area contributed by atoms with E-state index in [0.29, 0.717) is 13.1 Å². The van der Waals surface area contributed by atoms with E-state index in [4.69, 9.17) is 5.11 Å². The molecule has 0 radical (unpaired) electrons. The number of carboxylic acid groups (broad SMARTS) is 1. The van der Waals surface area contributed by atoms with Crippen molar-refractivity contribution >= 4 is 5.97 Å². The molecule has 12 heavy (non-hydrogen) atoms. The molecule has 0 aromatic carbocycles. The second-order valence-corrected chi connectivity index (χ2v) is 3.41. The van der Waals surface area contributed by atoms with Gasteiger partial charge in [0.05, 0.1) is 0 Å². The predicted molar refractivity (Wildman–Crippen MR) is 48.3 cm³/mol. The number of likely N-dealkylation sites (N-methyl/N-ethyl adjacent to an activating group) is 2. The van der Waals surface area contributed by atoms with E-state index in [1.807, 2.05) is 25.9 Å². The number of nitrogens with zero attached hydrogens (tertiary/aromatic N) is 1. The van der Waals surface area contributed by atoms with Gasteiger partial charge in [-0.3, -0.25) is 4.79 Å². The smallest absolute Gasteiger partial charge is 0.324 e. The van der Waals surface area contributed by atoms with Gasteiger partial charge in [-0.05, 0) is 27.6 Å². The number of carbonyl (C=O) groups is 1. The van der Waals surface area contributed by atoms with Gasteiger partial charge in [0.15, 0.2) is 0 Å². The van der Waals surface area contributed by atoms with E-state index in [1.165, 1.54) is 0 Å². The van der Waals surface area contributed by atoms with Crippen LogP contribution in [0.25, 0.3) is 0 Å². The SMILES string of the molecule is CCNC(C)(CN(C)C)C(=O)O. The molecule has 0 spiro atoms. The van der Waals surface area contributed by atoms with Crippen molar-refractivity contribution in [2.45, 2.75) is 19.4 Å². The molecule has 0 aliphatic heterocycles. The van der Waals surface area contributed by atoms with Crippen molar-refractivity contribution in [3.8, 4) is 0 Å². The Hall–Kier alpha value is -0.610. The molecule has 4 nitrogen and oxygen atoms in total. The van der Waals surface area contributed by atoms with Gasteiger partial charge in [-0.1, -0.05) is 6.92 Å². The molecule has 0 fully saturated rings. The number of hydrogen-bond acceptors (Lipinski definition) is 3. The zero-order valence-corrected chi connectivity index (χ0v) is 8.22. The standard InChI is InChI=1S/C8H18N2O2/c1-5-9-8(2,7(11)12)6-10(3)4/h9H,5-6H2,1-4H3,(H,11,12). The molecule has 0 aromatic heterocycles. The molecule has 0 heterocycles. The van der Waals surface area contributed by atoms with E-state index in [1.54, 1.807) is 6.92 Å². The summed E-state index contributed by atoms with van der Waals surface area (Å²) in [6.45, 7) is 4.75. The average Bonchev–Trinajstić information content (AvgIpc) is 1.85. The second kappa shape index (κ2) is 4.42. The van der Waals surface area contributed by atoms with Gasteiger partial charge in [-0.25, -0.2) is 0 Å². The van der Waals surface area contributed by atoms with Crippen molar-refractivity contribution in [2.75, 3.05) is 27.2 Å². The Kier molecular flexibility index (Phi) is 4.20. The first kappa shape index (κ1) is 11.4. The summed E-state index contributed by atoms with van der Waals surface area (Å²) in [6.07, 6.45) is 0. The Balaban J connectivity index is 4.28. The predicted octanol–water partition coefficient (Wildman–Crippen LogP) is 0.000800. The Bertz CT molecular complexity index is 159. The topological polar surface area (TPSA) is 52.6 Å². The maximum atomic E-state index is 10.9. The molecule has 1 atom stereocenters. The number of nitrogens with one attached hydrogen (secondary N) is 1.